The molecular weight excluding hydrogens is 514 g/mol. The fraction of sp³-hybridized carbons (Fsp3) is 0.158. The van der Waals surface area contributed by atoms with Crippen LogP contribution < -0.4 is 9.64 Å². The summed E-state index contributed by atoms with van der Waals surface area (Å²) in [6.07, 6.45) is 0. The molecule has 42 heavy (non-hydrogen) atoms. The van der Waals surface area contributed by atoms with Crippen LogP contribution in [0, 0.1) is 22.7 Å². The minimum absolute atomic E-state index is 0.126. The molecule has 2 heterocycles. The van der Waals surface area contributed by atoms with Crippen molar-refractivity contribution in [1.29, 1.82) is 10.5 Å². The smallest absolute Gasteiger partial charge is 0.133 e. The fourth-order valence-corrected chi connectivity index (χ4v) is 6.71. The third kappa shape index (κ3) is 3.66. The van der Waals surface area contributed by atoms with Gasteiger partial charge < -0.3 is 9.64 Å². The standard InChI is InChI=1S/C38H29N3O/c1-37(2)29-9-5-7-11-33(29)41(34-12-8-6-10-30(34)37)27-15-18-32-36(21-27)42-35-20-25(14-17-31(35)38(32,3)4)28-16-13-24(22-39)19-26(28)23-40/h5-21H,1-4H3. The van der Waals surface area contributed by atoms with E-state index in [9.17, 15) is 10.5 Å². The number of ether oxygens (including phenoxy) is 1. The predicted octanol–water partition coefficient (Wildman–Crippen LogP) is 9.64. The molecule has 202 valence electrons. The van der Waals surface area contributed by atoms with E-state index in [2.05, 4.69) is 118 Å². The van der Waals surface area contributed by atoms with Crippen molar-refractivity contribution in [3.05, 3.63) is 137 Å². The highest BCUT2D eigenvalue weighted by atomic mass is 16.5. The highest BCUT2D eigenvalue weighted by Gasteiger charge is 2.38. The van der Waals surface area contributed by atoms with Crippen LogP contribution in [0.2, 0.25) is 0 Å². The van der Waals surface area contributed by atoms with Crippen LogP contribution in [0.1, 0.15) is 61.1 Å². The van der Waals surface area contributed by atoms with Crippen molar-refractivity contribution in [2.45, 2.75) is 38.5 Å². The summed E-state index contributed by atoms with van der Waals surface area (Å²) >= 11 is 0. The maximum Gasteiger partial charge on any atom is 0.133 e. The average Bonchev–Trinajstić information content (AvgIpc) is 3.00. The third-order valence-electron chi connectivity index (χ3n) is 8.99. The van der Waals surface area contributed by atoms with Crippen LogP contribution in [0.4, 0.5) is 17.1 Å². The van der Waals surface area contributed by atoms with Gasteiger partial charge in [0.25, 0.3) is 0 Å². The molecule has 5 aromatic carbocycles. The maximum atomic E-state index is 9.78. The molecule has 5 aromatic rings. The molecule has 7 rings (SSSR count). The summed E-state index contributed by atoms with van der Waals surface area (Å²) in [5.74, 6) is 1.60. The zero-order valence-corrected chi connectivity index (χ0v) is 24.1. The van der Waals surface area contributed by atoms with Crippen LogP contribution in [0.5, 0.6) is 11.5 Å². The molecule has 0 spiro atoms. The minimum Gasteiger partial charge on any atom is -0.457 e. The minimum atomic E-state index is -0.289. The normalized spacial score (nSPS) is 15.1. The van der Waals surface area contributed by atoms with E-state index < -0.39 is 0 Å². The van der Waals surface area contributed by atoms with E-state index in [1.165, 1.54) is 22.5 Å². The molecule has 0 atom stereocenters. The summed E-state index contributed by atoms with van der Waals surface area (Å²) in [5.41, 5.74) is 10.4. The van der Waals surface area contributed by atoms with Crippen LogP contribution in [0.25, 0.3) is 11.1 Å². The molecule has 0 N–H and O–H groups in total. The average molecular weight is 544 g/mol. The van der Waals surface area contributed by atoms with Gasteiger partial charge in [0, 0.05) is 33.7 Å². The van der Waals surface area contributed by atoms with E-state index >= 15 is 0 Å². The van der Waals surface area contributed by atoms with Crippen molar-refractivity contribution < 1.29 is 4.74 Å². The van der Waals surface area contributed by atoms with Gasteiger partial charge in [-0.15, -0.1) is 0 Å². The van der Waals surface area contributed by atoms with Gasteiger partial charge in [0.05, 0.1) is 34.6 Å². The van der Waals surface area contributed by atoms with Crippen molar-refractivity contribution in [2.75, 3.05) is 4.90 Å². The van der Waals surface area contributed by atoms with E-state index in [1.807, 2.05) is 18.2 Å². The van der Waals surface area contributed by atoms with Crippen molar-refractivity contribution in [3.63, 3.8) is 0 Å². The summed E-state index contributed by atoms with van der Waals surface area (Å²) in [6, 6.07) is 39.6. The molecule has 0 saturated carbocycles. The van der Waals surface area contributed by atoms with Gasteiger partial charge >= 0.3 is 0 Å². The summed E-state index contributed by atoms with van der Waals surface area (Å²) in [5, 5.41) is 19.1. The fourth-order valence-electron chi connectivity index (χ4n) is 6.71. The lowest BCUT2D eigenvalue weighted by Gasteiger charge is -2.42. The second-order valence-corrected chi connectivity index (χ2v) is 12.1. The summed E-state index contributed by atoms with van der Waals surface area (Å²) in [6.45, 7) is 9.03. The number of nitrogens with zero attached hydrogens (tertiary/aromatic N) is 3. The van der Waals surface area contributed by atoms with Gasteiger partial charge in [-0.1, -0.05) is 88.4 Å². The topological polar surface area (TPSA) is 60.1 Å². The Morgan fingerprint density at radius 1 is 0.595 bits per heavy atom. The Morgan fingerprint density at radius 2 is 1.19 bits per heavy atom. The van der Waals surface area contributed by atoms with Crippen LogP contribution in [-0.4, -0.2) is 0 Å². The maximum absolute atomic E-state index is 9.78. The van der Waals surface area contributed by atoms with Crippen molar-refractivity contribution in [2.24, 2.45) is 0 Å². The third-order valence-corrected chi connectivity index (χ3v) is 8.99. The number of hydrogen-bond acceptors (Lipinski definition) is 4. The second-order valence-electron chi connectivity index (χ2n) is 12.1. The van der Waals surface area contributed by atoms with Crippen LogP contribution in [0.3, 0.4) is 0 Å². The number of nitriles is 2. The Balaban J connectivity index is 1.35. The van der Waals surface area contributed by atoms with Gasteiger partial charge in [-0.3, -0.25) is 0 Å². The lowest BCUT2D eigenvalue weighted by molar-refractivity contribution is 0.418. The first-order valence-corrected chi connectivity index (χ1v) is 14.1. The van der Waals surface area contributed by atoms with E-state index in [-0.39, 0.29) is 10.8 Å². The highest BCUT2D eigenvalue weighted by Crippen LogP contribution is 2.54. The Kier molecular flexibility index (Phi) is 5.55. The second kappa shape index (κ2) is 9.10. The van der Waals surface area contributed by atoms with Crippen LogP contribution >= 0.6 is 0 Å². The molecular formula is C38H29N3O. The number of rotatable bonds is 2. The first kappa shape index (κ1) is 25.6. The molecule has 0 aliphatic carbocycles. The number of para-hydroxylation sites is 2. The lowest BCUT2D eigenvalue weighted by atomic mass is 9.73. The molecule has 4 heteroatoms. The number of fused-ring (bicyclic) bond motifs is 4. The first-order chi connectivity index (χ1) is 20.2. The zero-order valence-electron chi connectivity index (χ0n) is 24.1. The Hall–Kier alpha value is -5.32. The molecule has 0 unspecified atom stereocenters. The number of hydrogen-bond donors (Lipinski definition) is 0. The molecule has 0 saturated heterocycles. The quantitative estimate of drug-likeness (QED) is 0.222. The molecule has 0 fully saturated rings. The van der Waals surface area contributed by atoms with E-state index in [4.69, 9.17) is 4.74 Å². The van der Waals surface area contributed by atoms with Gasteiger partial charge in [-0.2, -0.15) is 10.5 Å². The summed E-state index contributed by atoms with van der Waals surface area (Å²) in [4.78, 5) is 2.34. The zero-order chi connectivity index (χ0) is 29.2. The lowest BCUT2D eigenvalue weighted by Crippen LogP contribution is -2.30. The molecule has 2 aliphatic heterocycles. The van der Waals surface area contributed by atoms with E-state index in [0.717, 1.165) is 39.4 Å². The van der Waals surface area contributed by atoms with Gasteiger partial charge in [0.15, 0.2) is 0 Å². The van der Waals surface area contributed by atoms with E-state index in [0.29, 0.717) is 11.1 Å². The van der Waals surface area contributed by atoms with Crippen molar-refractivity contribution in [1.82, 2.24) is 0 Å². The molecule has 0 radical (unpaired) electrons. The van der Waals surface area contributed by atoms with Gasteiger partial charge in [-0.25, -0.2) is 0 Å². The molecule has 0 amide bonds. The predicted molar refractivity (Wildman–Crippen MR) is 167 cm³/mol. The molecule has 0 aromatic heterocycles. The Labute approximate surface area is 246 Å². The van der Waals surface area contributed by atoms with E-state index in [1.54, 1.807) is 12.1 Å². The van der Waals surface area contributed by atoms with Crippen LogP contribution in [0.15, 0.2) is 103 Å². The number of benzene rings is 5. The Bertz CT molecular complexity index is 1960. The molecule has 4 nitrogen and oxygen atoms in total. The van der Waals surface area contributed by atoms with Gasteiger partial charge in [-0.05, 0) is 58.7 Å². The largest absolute Gasteiger partial charge is 0.457 e. The summed E-state index contributed by atoms with van der Waals surface area (Å²) in [7, 11) is 0. The summed E-state index contributed by atoms with van der Waals surface area (Å²) < 4.78 is 6.68. The van der Waals surface area contributed by atoms with Crippen LogP contribution in [-0.2, 0) is 10.8 Å². The monoisotopic (exact) mass is 543 g/mol. The van der Waals surface area contributed by atoms with Gasteiger partial charge in [0.2, 0.25) is 0 Å². The SMILES string of the molecule is CC1(C)c2ccc(-c3ccc(C#N)cc3C#N)cc2Oc2cc(N3c4ccccc4C(C)(C)c4ccccc43)ccc21. The first-order valence-electron chi connectivity index (χ1n) is 14.1. The van der Waals surface area contributed by atoms with Gasteiger partial charge in [0.1, 0.15) is 11.5 Å². The highest BCUT2D eigenvalue weighted by molar-refractivity contribution is 5.86. The van der Waals surface area contributed by atoms with Crippen molar-refractivity contribution >= 4 is 17.1 Å². The van der Waals surface area contributed by atoms with Crippen molar-refractivity contribution in [3.8, 4) is 34.8 Å². The molecule has 0 bridgehead atoms. The number of anilines is 3. The molecule has 2 aliphatic rings. The Morgan fingerprint density at radius 3 is 1.83 bits per heavy atom.